The van der Waals surface area contributed by atoms with Crippen LogP contribution in [0.4, 0.5) is 0 Å². The van der Waals surface area contributed by atoms with Crippen LogP contribution in [0, 0.1) is 0 Å². The first kappa shape index (κ1) is 24.7. The lowest BCUT2D eigenvalue weighted by molar-refractivity contribution is -0.149. The van der Waals surface area contributed by atoms with Crippen molar-refractivity contribution in [2.45, 2.75) is 56.8 Å². The Bertz CT molecular complexity index is 1190. The molecule has 2 atom stereocenters. The van der Waals surface area contributed by atoms with Crippen molar-refractivity contribution in [1.29, 1.82) is 0 Å². The Balaban J connectivity index is 1.48. The molecule has 2 heterocycles. The molecule has 37 heavy (non-hydrogen) atoms. The summed E-state index contributed by atoms with van der Waals surface area (Å²) < 4.78 is 22.8. The fourth-order valence-corrected chi connectivity index (χ4v) is 4.98. The molecule has 1 aliphatic heterocycles. The Hall–Kier alpha value is -3.94. The van der Waals surface area contributed by atoms with Crippen LogP contribution in [0.2, 0.25) is 0 Å². The molecule has 3 aromatic rings. The van der Waals surface area contributed by atoms with Crippen molar-refractivity contribution in [2.24, 2.45) is 0 Å². The molecule has 194 valence electrons. The maximum Gasteiger partial charge on any atom is 0.268 e. The predicted octanol–water partition coefficient (Wildman–Crippen LogP) is 4.65. The van der Waals surface area contributed by atoms with Crippen molar-refractivity contribution in [3.63, 3.8) is 0 Å². The van der Waals surface area contributed by atoms with Gasteiger partial charge in [-0.3, -0.25) is 9.59 Å². The molecule has 2 aromatic carbocycles. The number of carbonyl (C=O) groups excluding carboxylic acids is 2. The maximum atomic E-state index is 14.0. The summed E-state index contributed by atoms with van der Waals surface area (Å²) >= 11 is 0. The maximum absolute atomic E-state index is 14.0. The molecule has 2 amide bonds. The first-order valence-electron chi connectivity index (χ1n) is 12.8. The van der Waals surface area contributed by atoms with Gasteiger partial charge in [0, 0.05) is 6.04 Å². The van der Waals surface area contributed by atoms with E-state index in [4.69, 9.17) is 18.6 Å². The summed E-state index contributed by atoms with van der Waals surface area (Å²) in [4.78, 5) is 29.5. The highest BCUT2D eigenvalue weighted by Crippen LogP contribution is 2.33. The van der Waals surface area contributed by atoms with Crippen LogP contribution in [0.25, 0.3) is 0 Å². The molecule has 2 aliphatic rings. The van der Waals surface area contributed by atoms with E-state index in [0.29, 0.717) is 28.6 Å². The molecule has 8 heteroatoms. The number of nitrogens with one attached hydrogen (secondary N) is 1. The lowest BCUT2D eigenvalue weighted by Crippen LogP contribution is -2.52. The van der Waals surface area contributed by atoms with Gasteiger partial charge in [-0.25, -0.2) is 0 Å². The summed E-state index contributed by atoms with van der Waals surface area (Å²) in [6, 6.07) is 17.2. The fourth-order valence-electron chi connectivity index (χ4n) is 4.98. The molecule has 5 rings (SSSR count). The fraction of sp³-hybridized carbons (Fsp3) is 0.379. The second kappa shape index (κ2) is 11.4. The van der Waals surface area contributed by atoms with Gasteiger partial charge in [-0.1, -0.05) is 43.5 Å². The van der Waals surface area contributed by atoms with E-state index in [1.165, 1.54) is 11.3 Å². The summed E-state index contributed by atoms with van der Waals surface area (Å²) in [5, 5.41) is 3.21. The molecular weight excluding hydrogens is 472 g/mol. The molecule has 1 fully saturated rings. The zero-order valence-corrected chi connectivity index (χ0v) is 20.9. The van der Waals surface area contributed by atoms with Gasteiger partial charge in [-0.2, -0.15) is 0 Å². The van der Waals surface area contributed by atoms with Crippen molar-refractivity contribution >= 4 is 11.8 Å². The summed E-state index contributed by atoms with van der Waals surface area (Å²) in [5.74, 6) is 1.73. The van der Waals surface area contributed by atoms with Crippen molar-refractivity contribution in [3.8, 4) is 17.2 Å². The standard InChI is InChI=1S/C29H32N2O6/c1-34-22-15-13-20(14-16-22)27(28(32)30-21-8-3-2-4-9-21)31(18-23-10-7-17-35-23)29(33)26-19-36-24-11-5-6-12-25(24)37-26/h5-7,10-17,21,26-27H,2-4,8-9,18-19H2,1H3,(H,30,32)/t26-,27-/m0/s1. The summed E-state index contributed by atoms with van der Waals surface area (Å²) in [7, 11) is 1.59. The van der Waals surface area contributed by atoms with Crippen molar-refractivity contribution in [1.82, 2.24) is 10.2 Å². The van der Waals surface area contributed by atoms with Crippen LogP contribution in [0.1, 0.15) is 49.5 Å². The lowest BCUT2D eigenvalue weighted by atomic mass is 9.94. The van der Waals surface area contributed by atoms with E-state index in [2.05, 4.69) is 5.32 Å². The van der Waals surface area contributed by atoms with Crippen LogP contribution in [-0.2, 0) is 16.1 Å². The van der Waals surface area contributed by atoms with Crippen LogP contribution in [-0.4, -0.2) is 42.6 Å². The normalized spacial score (nSPS) is 18.0. The summed E-state index contributed by atoms with van der Waals surface area (Å²) in [6.07, 6.45) is 5.86. The number of furan rings is 1. The molecule has 1 aliphatic carbocycles. The minimum Gasteiger partial charge on any atom is -0.497 e. The topological polar surface area (TPSA) is 90.2 Å². The highest BCUT2D eigenvalue weighted by molar-refractivity contribution is 5.91. The Labute approximate surface area is 216 Å². The van der Waals surface area contributed by atoms with Crippen molar-refractivity contribution < 1.29 is 28.2 Å². The quantitative estimate of drug-likeness (QED) is 0.480. The summed E-state index contributed by atoms with van der Waals surface area (Å²) in [6.45, 7) is 0.145. The van der Waals surface area contributed by atoms with E-state index in [0.717, 1.165) is 25.7 Å². The first-order valence-corrected chi connectivity index (χ1v) is 12.8. The SMILES string of the molecule is COc1ccc([C@@H](C(=O)NC2CCCCC2)N(Cc2ccco2)C(=O)[C@@H]2COc3ccccc3O2)cc1. The van der Waals surface area contributed by atoms with Crippen molar-refractivity contribution in [3.05, 3.63) is 78.3 Å². The Morgan fingerprint density at radius 3 is 2.46 bits per heavy atom. The molecule has 8 nitrogen and oxygen atoms in total. The lowest BCUT2D eigenvalue weighted by Gasteiger charge is -2.36. The Morgan fingerprint density at radius 1 is 1.00 bits per heavy atom. The van der Waals surface area contributed by atoms with Gasteiger partial charge >= 0.3 is 0 Å². The van der Waals surface area contributed by atoms with Crippen LogP contribution < -0.4 is 19.5 Å². The van der Waals surface area contributed by atoms with E-state index < -0.39 is 12.1 Å². The van der Waals surface area contributed by atoms with Gasteiger partial charge in [0.15, 0.2) is 11.5 Å². The first-order chi connectivity index (χ1) is 18.1. The number of methoxy groups -OCH3 is 1. The van der Waals surface area contributed by atoms with Crippen LogP contribution in [0.5, 0.6) is 17.2 Å². The van der Waals surface area contributed by atoms with Gasteiger partial charge in [0.25, 0.3) is 5.91 Å². The third kappa shape index (κ3) is 5.74. The number of amides is 2. The molecule has 1 N–H and O–H groups in total. The molecule has 0 spiro atoms. The number of para-hydroxylation sites is 2. The number of carbonyl (C=O) groups is 2. The number of benzene rings is 2. The number of ether oxygens (including phenoxy) is 3. The zero-order chi connectivity index (χ0) is 25.6. The zero-order valence-electron chi connectivity index (χ0n) is 20.9. The number of rotatable bonds is 8. The minimum atomic E-state index is -0.909. The Morgan fingerprint density at radius 2 is 1.76 bits per heavy atom. The van der Waals surface area contributed by atoms with Gasteiger partial charge in [0.05, 0.1) is 19.9 Å². The van der Waals surface area contributed by atoms with E-state index in [1.54, 1.807) is 49.8 Å². The molecule has 0 radical (unpaired) electrons. The van der Waals surface area contributed by atoms with E-state index >= 15 is 0 Å². The third-order valence-corrected chi connectivity index (χ3v) is 6.92. The predicted molar refractivity (Wildman–Crippen MR) is 136 cm³/mol. The number of fused-ring (bicyclic) bond motifs is 1. The molecular formula is C29H32N2O6. The molecule has 0 unspecified atom stereocenters. The molecule has 0 bridgehead atoms. The summed E-state index contributed by atoms with van der Waals surface area (Å²) in [5.41, 5.74) is 0.672. The van der Waals surface area contributed by atoms with Crippen LogP contribution in [0.15, 0.2) is 71.3 Å². The second-order valence-electron chi connectivity index (χ2n) is 9.43. The second-order valence-corrected chi connectivity index (χ2v) is 9.43. The van der Waals surface area contributed by atoms with E-state index in [-0.39, 0.29) is 31.0 Å². The third-order valence-electron chi connectivity index (χ3n) is 6.92. The largest absolute Gasteiger partial charge is 0.497 e. The molecule has 1 aromatic heterocycles. The average Bonchev–Trinajstić information content (AvgIpc) is 3.46. The average molecular weight is 505 g/mol. The number of nitrogens with zero attached hydrogens (tertiary/aromatic N) is 1. The van der Waals surface area contributed by atoms with Gasteiger partial charge in [-0.05, 0) is 54.8 Å². The molecule has 1 saturated carbocycles. The van der Waals surface area contributed by atoms with Gasteiger partial charge in [0.1, 0.15) is 24.2 Å². The van der Waals surface area contributed by atoms with Gasteiger partial charge in [-0.15, -0.1) is 0 Å². The van der Waals surface area contributed by atoms with Crippen LogP contribution in [0.3, 0.4) is 0 Å². The Kier molecular flexibility index (Phi) is 7.63. The van der Waals surface area contributed by atoms with Gasteiger partial charge in [0.2, 0.25) is 12.0 Å². The van der Waals surface area contributed by atoms with Crippen LogP contribution >= 0.6 is 0 Å². The van der Waals surface area contributed by atoms with E-state index in [9.17, 15) is 9.59 Å². The number of hydrogen-bond acceptors (Lipinski definition) is 6. The monoisotopic (exact) mass is 504 g/mol. The minimum absolute atomic E-state index is 0.0457. The number of hydrogen-bond donors (Lipinski definition) is 1. The highest BCUT2D eigenvalue weighted by atomic mass is 16.6. The van der Waals surface area contributed by atoms with Crippen molar-refractivity contribution in [2.75, 3.05) is 13.7 Å². The molecule has 0 saturated heterocycles. The smallest absolute Gasteiger partial charge is 0.268 e. The van der Waals surface area contributed by atoms with E-state index in [1.807, 2.05) is 24.3 Å². The van der Waals surface area contributed by atoms with Gasteiger partial charge < -0.3 is 28.8 Å². The highest BCUT2D eigenvalue weighted by Gasteiger charge is 2.39.